The summed E-state index contributed by atoms with van der Waals surface area (Å²) in [5, 5.41) is 0. The predicted molar refractivity (Wildman–Crippen MR) is 79.7 cm³/mol. The van der Waals surface area contributed by atoms with Crippen LogP contribution in [0, 0.1) is 5.92 Å². The van der Waals surface area contributed by atoms with E-state index in [2.05, 4.69) is 0 Å². The van der Waals surface area contributed by atoms with Crippen LogP contribution in [0.5, 0.6) is 0 Å². The number of rotatable bonds is 4. The maximum atomic E-state index is 12.7. The predicted octanol–water partition coefficient (Wildman–Crippen LogP) is 3.08. The van der Waals surface area contributed by atoms with E-state index < -0.39 is 0 Å². The van der Waals surface area contributed by atoms with Gasteiger partial charge in [-0.15, -0.1) is 0 Å². The molecule has 0 aromatic heterocycles. The monoisotopic (exact) mass is 273 g/mol. The summed E-state index contributed by atoms with van der Waals surface area (Å²) in [6.07, 6.45) is 2.55. The first-order chi connectivity index (χ1) is 9.56. The van der Waals surface area contributed by atoms with Crippen molar-refractivity contribution in [3.05, 3.63) is 35.4 Å². The van der Waals surface area contributed by atoms with Crippen LogP contribution in [0.3, 0.4) is 0 Å². The second-order valence-electron chi connectivity index (χ2n) is 5.72. The Balaban J connectivity index is 2.26. The summed E-state index contributed by atoms with van der Waals surface area (Å²) in [4.78, 5) is 26.8. The first kappa shape index (κ1) is 14.8. The van der Waals surface area contributed by atoms with E-state index >= 15 is 0 Å². The van der Waals surface area contributed by atoms with Gasteiger partial charge in [0.1, 0.15) is 0 Å². The van der Waals surface area contributed by atoms with Crippen LogP contribution in [0.25, 0.3) is 0 Å². The van der Waals surface area contributed by atoms with Crippen molar-refractivity contribution in [3.8, 4) is 0 Å². The summed E-state index contributed by atoms with van der Waals surface area (Å²) in [5.74, 6) is 0.179. The van der Waals surface area contributed by atoms with E-state index in [1.807, 2.05) is 45.0 Å². The molecule has 0 spiro atoms. The molecule has 1 fully saturated rings. The SMILES string of the molecule is CCc1ccccc1C(=O)N1CCC[C@H]1C(=O)C(C)C. The third-order valence-electron chi connectivity index (χ3n) is 4.04. The van der Waals surface area contributed by atoms with Gasteiger partial charge in [-0.05, 0) is 30.9 Å². The van der Waals surface area contributed by atoms with E-state index in [1.165, 1.54) is 0 Å². The molecule has 0 aliphatic carbocycles. The molecular weight excluding hydrogens is 250 g/mol. The number of benzene rings is 1. The number of ketones is 1. The van der Waals surface area contributed by atoms with E-state index in [-0.39, 0.29) is 23.7 Å². The lowest BCUT2D eigenvalue weighted by Crippen LogP contribution is -2.42. The fourth-order valence-corrected chi connectivity index (χ4v) is 2.88. The largest absolute Gasteiger partial charge is 0.329 e. The quantitative estimate of drug-likeness (QED) is 0.845. The summed E-state index contributed by atoms with van der Waals surface area (Å²) in [6, 6.07) is 7.48. The van der Waals surface area contributed by atoms with E-state index in [1.54, 1.807) is 4.90 Å². The number of hydrogen-bond acceptors (Lipinski definition) is 2. The second kappa shape index (κ2) is 6.21. The van der Waals surface area contributed by atoms with Gasteiger partial charge in [-0.1, -0.05) is 39.0 Å². The van der Waals surface area contributed by atoms with Gasteiger partial charge in [0.25, 0.3) is 5.91 Å². The van der Waals surface area contributed by atoms with E-state index in [0.29, 0.717) is 6.54 Å². The zero-order valence-electron chi connectivity index (χ0n) is 12.6. The third kappa shape index (κ3) is 2.77. The smallest absolute Gasteiger partial charge is 0.254 e. The van der Waals surface area contributed by atoms with Gasteiger partial charge in [-0.25, -0.2) is 0 Å². The molecule has 0 N–H and O–H groups in total. The lowest BCUT2D eigenvalue weighted by Gasteiger charge is -2.25. The fourth-order valence-electron chi connectivity index (χ4n) is 2.88. The van der Waals surface area contributed by atoms with Crippen LogP contribution in [-0.2, 0) is 11.2 Å². The number of aryl methyl sites for hydroxylation is 1. The molecule has 3 nitrogen and oxygen atoms in total. The lowest BCUT2D eigenvalue weighted by molar-refractivity contribution is -0.125. The number of hydrogen-bond donors (Lipinski definition) is 0. The Hall–Kier alpha value is -1.64. The van der Waals surface area contributed by atoms with Gasteiger partial charge in [0.2, 0.25) is 0 Å². The molecule has 1 aromatic rings. The number of nitrogens with zero attached hydrogens (tertiary/aromatic N) is 1. The van der Waals surface area contributed by atoms with E-state index in [4.69, 9.17) is 0 Å². The van der Waals surface area contributed by atoms with E-state index in [9.17, 15) is 9.59 Å². The molecule has 0 radical (unpaired) electrons. The molecule has 108 valence electrons. The van der Waals surface area contributed by atoms with Gasteiger partial charge in [0.05, 0.1) is 6.04 Å². The maximum absolute atomic E-state index is 12.7. The highest BCUT2D eigenvalue weighted by atomic mass is 16.2. The maximum Gasteiger partial charge on any atom is 0.254 e. The molecule has 1 amide bonds. The average molecular weight is 273 g/mol. The topological polar surface area (TPSA) is 37.4 Å². The zero-order chi connectivity index (χ0) is 14.7. The Labute approximate surface area is 121 Å². The highest BCUT2D eigenvalue weighted by Crippen LogP contribution is 2.24. The Morgan fingerprint density at radius 3 is 2.65 bits per heavy atom. The van der Waals surface area contributed by atoms with Gasteiger partial charge in [0.15, 0.2) is 5.78 Å². The highest BCUT2D eigenvalue weighted by Gasteiger charge is 2.35. The van der Waals surface area contributed by atoms with Crippen molar-refractivity contribution in [1.82, 2.24) is 4.90 Å². The first-order valence-corrected chi connectivity index (χ1v) is 7.48. The number of Topliss-reactive ketones (excluding diaryl/α,β-unsaturated/α-hetero) is 1. The standard InChI is InChI=1S/C17H23NO2/c1-4-13-8-5-6-9-14(13)17(20)18-11-7-10-15(18)16(19)12(2)3/h5-6,8-9,12,15H,4,7,10-11H2,1-3H3/t15-/m0/s1. The first-order valence-electron chi connectivity index (χ1n) is 7.48. The molecule has 1 atom stereocenters. The van der Waals surface area contributed by atoms with Gasteiger partial charge >= 0.3 is 0 Å². The van der Waals surface area contributed by atoms with Crippen LogP contribution in [-0.4, -0.2) is 29.2 Å². The summed E-state index contributed by atoms with van der Waals surface area (Å²) >= 11 is 0. The fraction of sp³-hybridized carbons (Fsp3) is 0.529. The normalized spacial score (nSPS) is 18.6. The van der Waals surface area contributed by atoms with Gasteiger partial charge < -0.3 is 4.90 Å². The molecule has 2 rings (SSSR count). The van der Waals surface area contributed by atoms with Crippen LogP contribution in [0.4, 0.5) is 0 Å². The summed E-state index contributed by atoms with van der Waals surface area (Å²) in [6.45, 7) is 6.56. The van der Waals surface area contributed by atoms with Crippen molar-refractivity contribution < 1.29 is 9.59 Å². The molecule has 20 heavy (non-hydrogen) atoms. The highest BCUT2D eigenvalue weighted by molar-refractivity contribution is 5.99. The van der Waals surface area contributed by atoms with Gasteiger partial charge in [-0.3, -0.25) is 9.59 Å². The van der Waals surface area contributed by atoms with Crippen LogP contribution in [0.2, 0.25) is 0 Å². The van der Waals surface area contributed by atoms with Crippen molar-refractivity contribution in [2.75, 3.05) is 6.54 Å². The summed E-state index contributed by atoms with van der Waals surface area (Å²) in [7, 11) is 0. The molecule has 1 aliphatic rings. The van der Waals surface area contributed by atoms with Crippen molar-refractivity contribution in [2.45, 2.75) is 46.1 Å². The minimum atomic E-state index is -0.229. The zero-order valence-corrected chi connectivity index (χ0v) is 12.6. The van der Waals surface area contributed by atoms with Crippen molar-refractivity contribution in [1.29, 1.82) is 0 Å². The number of carbonyl (C=O) groups is 2. The van der Waals surface area contributed by atoms with E-state index in [0.717, 1.165) is 30.4 Å². The summed E-state index contributed by atoms with van der Waals surface area (Å²) < 4.78 is 0. The molecule has 1 aromatic carbocycles. The second-order valence-corrected chi connectivity index (χ2v) is 5.72. The number of likely N-dealkylation sites (tertiary alicyclic amines) is 1. The Morgan fingerprint density at radius 2 is 2.00 bits per heavy atom. The molecule has 0 unspecified atom stereocenters. The molecular formula is C17H23NO2. The molecule has 0 bridgehead atoms. The van der Waals surface area contributed by atoms with Crippen LogP contribution in [0.15, 0.2) is 24.3 Å². The molecule has 0 saturated carbocycles. The van der Waals surface area contributed by atoms with Crippen molar-refractivity contribution in [2.24, 2.45) is 5.92 Å². The van der Waals surface area contributed by atoms with Crippen LogP contribution >= 0.6 is 0 Å². The van der Waals surface area contributed by atoms with Gasteiger partial charge in [0, 0.05) is 18.0 Å². The van der Waals surface area contributed by atoms with Gasteiger partial charge in [-0.2, -0.15) is 0 Å². The lowest BCUT2D eigenvalue weighted by atomic mass is 9.98. The minimum absolute atomic E-state index is 0.0129. The molecule has 3 heteroatoms. The number of amides is 1. The average Bonchev–Trinajstić information content (AvgIpc) is 2.94. The molecule has 1 saturated heterocycles. The third-order valence-corrected chi connectivity index (χ3v) is 4.04. The Kier molecular flexibility index (Phi) is 4.58. The molecule has 1 heterocycles. The Morgan fingerprint density at radius 1 is 1.30 bits per heavy atom. The minimum Gasteiger partial charge on any atom is -0.329 e. The molecule has 1 aliphatic heterocycles. The number of carbonyl (C=O) groups excluding carboxylic acids is 2. The Bertz CT molecular complexity index is 507. The van der Waals surface area contributed by atoms with Crippen molar-refractivity contribution >= 4 is 11.7 Å². The van der Waals surface area contributed by atoms with Crippen LogP contribution in [0.1, 0.15) is 49.5 Å². The summed E-state index contributed by atoms with van der Waals surface area (Å²) in [5.41, 5.74) is 1.80. The van der Waals surface area contributed by atoms with Crippen molar-refractivity contribution in [3.63, 3.8) is 0 Å². The van der Waals surface area contributed by atoms with Crippen LogP contribution < -0.4 is 0 Å².